The third kappa shape index (κ3) is 3.95. The van der Waals surface area contributed by atoms with Gasteiger partial charge in [-0.25, -0.2) is 9.37 Å². The van der Waals surface area contributed by atoms with Crippen LogP contribution in [0.5, 0.6) is 11.5 Å². The second-order valence-corrected chi connectivity index (χ2v) is 7.18. The molecule has 0 radical (unpaired) electrons. The number of thiazole rings is 1. The molecule has 148 valence electrons. The van der Waals surface area contributed by atoms with E-state index in [2.05, 4.69) is 20.4 Å². The summed E-state index contributed by atoms with van der Waals surface area (Å²) in [5, 5.41) is 15.3. The standard InChI is InChI=1S/C20H18FN5O2S/c1-12-8-13(4-7-17(12)21)19-23-25-26(24-19)10-14-11-29-20(22-14)16-6-5-15(27-2)9-18(16)28-3/h4-9,11H,10H2,1-3H3. The minimum atomic E-state index is -0.259. The molecule has 4 rings (SSSR count). The normalized spacial score (nSPS) is 10.9. The maximum Gasteiger partial charge on any atom is 0.204 e. The number of hydrogen-bond donors (Lipinski definition) is 0. The van der Waals surface area contributed by atoms with Crippen LogP contribution in [0.4, 0.5) is 4.39 Å². The van der Waals surface area contributed by atoms with Crippen LogP contribution in [-0.2, 0) is 6.54 Å². The van der Waals surface area contributed by atoms with E-state index in [4.69, 9.17) is 9.47 Å². The number of aromatic nitrogens is 5. The second-order valence-electron chi connectivity index (χ2n) is 6.32. The quantitative estimate of drug-likeness (QED) is 0.478. The first-order chi connectivity index (χ1) is 14.1. The van der Waals surface area contributed by atoms with E-state index in [0.717, 1.165) is 27.6 Å². The van der Waals surface area contributed by atoms with Gasteiger partial charge in [0.1, 0.15) is 28.9 Å². The summed E-state index contributed by atoms with van der Waals surface area (Å²) in [6, 6.07) is 10.4. The Morgan fingerprint density at radius 3 is 2.72 bits per heavy atom. The number of benzene rings is 2. The summed E-state index contributed by atoms with van der Waals surface area (Å²) in [7, 11) is 3.23. The number of rotatable bonds is 6. The van der Waals surface area contributed by atoms with E-state index in [1.807, 2.05) is 23.6 Å². The highest BCUT2D eigenvalue weighted by atomic mass is 32.1. The lowest BCUT2D eigenvalue weighted by molar-refractivity contribution is 0.395. The molecule has 0 aliphatic carbocycles. The van der Waals surface area contributed by atoms with Gasteiger partial charge in [-0.3, -0.25) is 0 Å². The Morgan fingerprint density at radius 2 is 1.97 bits per heavy atom. The highest BCUT2D eigenvalue weighted by Gasteiger charge is 2.13. The summed E-state index contributed by atoms with van der Waals surface area (Å²) in [6.07, 6.45) is 0. The Morgan fingerprint density at radius 1 is 1.10 bits per heavy atom. The van der Waals surface area contributed by atoms with Gasteiger partial charge in [0.05, 0.1) is 25.5 Å². The molecular weight excluding hydrogens is 393 g/mol. The van der Waals surface area contributed by atoms with Crippen LogP contribution in [0.15, 0.2) is 41.8 Å². The van der Waals surface area contributed by atoms with Crippen LogP contribution in [0, 0.1) is 12.7 Å². The SMILES string of the molecule is COc1ccc(-c2nc(Cn3nnc(-c4ccc(F)c(C)c4)n3)cs2)c(OC)c1. The monoisotopic (exact) mass is 411 g/mol. The number of nitrogens with zero attached hydrogens (tertiary/aromatic N) is 5. The zero-order valence-corrected chi connectivity index (χ0v) is 16.9. The van der Waals surface area contributed by atoms with E-state index in [0.29, 0.717) is 23.7 Å². The predicted octanol–water partition coefficient (Wildman–Crippen LogP) is 3.98. The molecule has 0 aliphatic heterocycles. The van der Waals surface area contributed by atoms with Crippen molar-refractivity contribution in [1.82, 2.24) is 25.2 Å². The maximum absolute atomic E-state index is 13.5. The van der Waals surface area contributed by atoms with Gasteiger partial charge < -0.3 is 9.47 Å². The van der Waals surface area contributed by atoms with Crippen LogP contribution < -0.4 is 9.47 Å². The first-order valence-electron chi connectivity index (χ1n) is 8.78. The van der Waals surface area contributed by atoms with E-state index < -0.39 is 0 Å². The minimum Gasteiger partial charge on any atom is -0.497 e. The van der Waals surface area contributed by atoms with Crippen LogP contribution in [0.1, 0.15) is 11.3 Å². The van der Waals surface area contributed by atoms with Gasteiger partial charge in [-0.1, -0.05) is 0 Å². The van der Waals surface area contributed by atoms with Crippen molar-refractivity contribution in [2.24, 2.45) is 0 Å². The molecule has 0 spiro atoms. The summed E-state index contributed by atoms with van der Waals surface area (Å²) in [6.45, 7) is 2.08. The molecule has 0 saturated carbocycles. The van der Waals surface area contributed by atoms with Gasteiger partial charge in [-0.2, -0.15) is 4.80 Å². The largest absolute Gasteiger partial charge is 0.497 e. The molecule has 2 aromatic heterocycles. The Labute approximate surface area is 170 Å². The summed E-state index contributed by atoms with van der Waals surface area (Å²) >= 11 is 1.51. The fraction of sp³-hybridized carbons (Fsp3) is 0.200. The van der Waals surface area contributed by atoms with Crippen LogP contribution in [0.3, 0.4) is 0 Å². The molecule has 0 N–H and O–H groups in total. The molecular formula is C20H18FN5O2S. The smallest absolute Gasteiger partial charge is 0.204 e. The molecule has 0 atom stereocenters. The molecule has 0 saturated heterocycles. The highest BCUT2D eigenvalue weighted by molar-refractivity contribution is 7.13. The van der Waals surface area contributed by atoms with Crippen molar-refractivity contribution in [3.63, 3.8) is 0 Å². The Bertz CT molecular complexity index is 1160. The van der Waals surface area contributed by atoms with Gasteiger partial charge in [-0.15, -0.1) is 21.5 Å². The van der Waals surface area contributed by atoms with Crippen LogP contribution in [-0.4, -0.2) is 39.4 Å². The molecule has 2 aromatic carbocycles. The molecule has 29 heavy (non-hydrogen) atoms. The molecule has 0 bridgehead atoms. The fourth-order valence-electron chi connectivity index (χ4n) is 2.83. The fourth-order valence-corrected chi connectivity index (χ4v) is 3.67. The summed E-state index contributed by atoms with van der Waals surface area (Å²) in [5.74, 6) is 1.60. The maximum atomic E-state index is 13.5. The van der Waals surface area contributed by atoms with E-state index in [1.54, 1.807) is 33.3 Å². The molecule has 7 nitrogen and oxygen atoms in total. The lowest BCUT2D eigenvalue weighted by Crippen LogP contribution is -2.04. The summed E-state index contributed by atoms with van der Waals surface area (Å²) < 4.78 is 24.2. The van der Waals surface area contributed by atoms with Crippen molar-refractivity contribution >= 4 is 11.3 Å². The predicted molar refractivity (Wildman–Crippen MR) is 108 cm³/mol. The third-order valence-corrected chi connectivity index (χ3v) is 5.29. The van der Waals surface area contributed by atoms with Gasteiger partial charge in [0.25, 0.3) is 0 Å². The lowest BCUT2D eigenvalue weighted by atomic mass is 10.1. The minimum absolute atomic E-state index is 0.259. The van der Waals surface area contributed by atoms with E-state index in [-0.39, 0.29) is 5.82 Å². The average Bonchev–Trinajstić information content (AvgIpc) is 3.39. The van der Waals surface area contributed by atoms with Gasteiger partial charge >= 0.3 is 0 Å². The highest BCUT2D eigenvalue weighted by Crippen LogP contribution is 2.35. The summed E-state index contributed by atoms with van der Waals surface area (Å²) in [4.78, 5) is 6.14. The van der Waals surface area contributed by atoms with E-state index >= 15 is 0 Å². The van der Waals surface area contributed by atoms with Crippen LogP contribution in [0.25, 0.3) is 22.0 Å². The zero-order valence-electron chi connectivity index (χ0n) is 16.1. The number of ether oxygens (including phenoxy) is 2. The van der Waals surface area contributed by atoms with Crippen molar-refractivity contribution in [1.29, 1.82) is 0 Å². The molecule has 0 fully saturated rings. The van der Waals surface area contributed by atoms with Gasteiger partial charge in [0, 0.05) is 17.0 Å². The van der Waals surface area contributed by atoms with Gasteiger partial charge in [-0.05, 0) is 48.0 Å². The molecule has 0 amide bonds. The first kappa shape index (κ1) is 19.0. The molecule has 4 aromatic rings. The van der Waals surface area contributed by atoms with Crippen molar-refractivity contribution in [2.75, 3.05) is 14.2 Å². The van der Waals surface area contributed by atoms with Crippen LogP contribution in [0.2, 0.25) is 0 Å². The van der Waals surface area contributed by atoms with Gasteiger partial charge in [0.15, 0.2) is 0 Å². The first-order valence-corrected chi connectivity index (χ1v) is 9.66. The van der Waals surface area contributed by atoms with Crippen molar-refractivity contribution in [3.05, 3.63) is 58.9 Å². The number of methoxy groups -OCH3 is 2. The topological polar surface area (TPSA) is 75.0 Å². The number of hydrogen-bond acceptors (Lipinski definition) is 7. The summed E-state index contributed by atoms with van der Waals surface area (Å²) in [5.41, 5.74) is 2.95. The molecule has 2 heterocycles. The molecule has 0 aliphatic rings. The Kier molecular flexibility index (Phi) is 5.22. The number of tetrazole rings is 1. The molecule has 9 heteroatoms. The second kappa shape index (κ2) is 7.96. The lowest BCUT2D eigenvalue weighted by Gasteiger charge is -2.08. The average molecular weight is 411 g/mol. The Balaban J connectivity index is 1.54. The van der Waals surface area contributed by atoms with Crippen LogP contribution >= 0.6 is 11.3 Å². The third-order valence-electron chi connectivity index (χ3n) is 4.36. The van der Waals surface area contributed by atoms with E-state index in [1.165, 1.54) is 22.2 Å². The van der Waals surface area contributed by atoms with Crippen molar-refractivity contribution < 1.29 is 13.9 Å². The van der Waals surface area contributed by atoms with Gasteiger partial charge in [0.2, 0.25) is 5.82 Å². The van der Waals surface area contributed by atoms with Crippen molar-refractivity contribution in [3.8, 4) is 33.5 Å². The Hall–Kier alpha value is -3.33. The zero-order chi connectivity index (χ0) is 20.4. The molecule has 0 unspecified atom stereocenters. The van der Waals surface area contributed by atoms with E-state index in [9.17, 15) is 4.39 Å². The van der Waals surface area contributed by atoms with Crippen molar-refractivity contribution in [2.45, 2.75) is 13.5 Å². The number of halogens is 1. The number of aryl methyl sites for hydroxylation is 1.